The van der Waals surface area contributed by atoms with Gasteiger partial charge >= 0.3 is 6.09 Å². The highest BCUT2D eigenvalue weighted by molar-refractivity contribution is 6.32. The second kappa shape index (κ2) is 7.35. The Labute approximate surface area is 178 Å². The van der Waals surface area contributed by atoms with E-state index < -0.39 is 5.60 Å². The number of amides is 1. The van der Waals surface area contributed by atoms with E-state index in [1.807, 2.05) is 37.9 Å². The van der Waals surface area contributed by atoms with Crippen LogP contribution in [0.5, 0.6) is 0 Å². The molecular weight excluding hydrogens is 386 g/mol. The van der Waals surface area contributed by atoms with Crippen molar-refractivity contribution in [3.05, 3.63) is 34.5 Å². The summed E-state index contributed by atoms with van der Waals surface area (Å²) in [7, 11) is 2.12. The van der Waals surface area contributed by atoms with Crippen LogP contribution in [-0.4, -0.2) is 48.0 Å². The Morgan fingerprint density at radius 1 is 1.28 bits per heavy atom. The van der Waals surface area contributed by atoms with Crippen molar-refractivity contribution in [1.29, 1.82) is 0 Å². The van der Waals surface area contributed by atoms with Crippen molar-refractivity contribution in [3.8, 4) is 0 Å². The first-order valence-corrected chi connectivity index (χ1v) is 10.8. The summed E-state index contributed by atoms with van der Waals surface area (Å²) in [5.41, 5.74) is 5.41. The standard InChI is InChI=1S/C23H30ClN3O2/c1-14-6-9-20(27(14)22(28)29-23(2,3)4)19-12-15(13-25-19)16-7-8-18(24)17-10-11-26(5)21(16)17/h7-8,13-14,20H,6,9-12H2,1-5H3/t14-,20+/m1/s1. The zero-order chi connectivity index (χ0) is 20.9. The van der Waals surface area contributed by atoms with Crippen molar-refractivity contribution in [2.45, 2.75) is 71.1 Å². The summed E-state index contributed by atoms with van der Waals surface area (Å²) < 4.78 is 5.67. The molecule has 1 aromatic rings. The van der Waals surface area contributed by atoms with E-state index in [1.54, 1.807) is 0 Å². The minimum absolute atomic E-state index is 0.00618. The number of carbonyl (C=O) groups excluding carboxylic acids is 1. The maximum absolute atomic E-state index is 12.8. The summed E-state index contributed by atoms with van der Waals surface area (Å²) in [6.45, 7) is 8.80. The van der Waals surface area contributed by atoms with Crippen LogP contribution >= 0.6 is 11.6 Å². The van der Waals surface area contributed by atoms with Crippen LogP contribution in [0.4, 0.5) is 10.5 Å². The third-order valence-corrected chi connectivity index (χ3v) is 6.42. The van der Waals surface area contributed by atoms with E-state index in [0.29, 0.717) is 0 Å². The number of carbonyl (C=O) groups is 1. The van der Waals surface area contributed by atoms with Gasteiger partial charge in [0.2, 0.25) is 0 Å². The van der Waals surface area contributed by atoms with Gasteiger partial charge in [-0.05, 0) is 64.2 Å². The number of nitrogens with zero attached hydrogens (tertiary/aromatic N) is 3. The van der Waals surface area contributed by atoms with Crippen LogP contribution in [0.25, 0.3) is 5.57 Å². The minimum atomic E-state index is -0.501. The molecule has 29 heavy (non-hydrogen) atoms. The molecule has 0 bridgehead atoms. The van der Waals surface area contributed by atoms with E-state index in [2.05, 4.69) is 24.9 Å². The number of hydrogen-bond acceptors (Lipinski definition) is 4. The lowest BCUT2D eigenvalue weighted by Gasteiger charge is -2.31. The first-order chi connectivity index (χ1) is 13.7. The van der Waals surface area contributed by atoms with Crippen LogP contribution in [0.15, 0.2) is 23.3 Å². The lowest BCUT2D eigenvalue weighted by atomic mass is 9.95. The number of ether oxygens (including phenoxy) is 1. The van der Waals surface area contributed by atoms with Gasteiger partial charge in [-0.2, -0.15) is 0 Å². The molecule has 1 aromatic carbocycles. The predicted octanol–water partition coefficient (Wildman–Crippen LogP) is 5.31. The van der Waals surface area contributed by atoms with Gasteiger partial charge in [0.15, 0.2) is 0 Å². The molecule has 0 N–H and O–H groups in total. The highest BCUT2D eigenvalue weighted by atomic mass is 35.5. The van der Waals surface area contributed by atoms with Gasteiger partial charge in [-0.15, -0.1) is 0 Å². The number of likely N-dealkylation sites (N-methyl/N-ethyl adjacent to an activating group) is 1. The molecule has 6 heteroatoms. The fourth-order valence-electron chi connectivity index (χ4n) is 4.69. The molecule has 0 saturated carbocycles. The van der Waals surface area contributed by atoms with E-state index >= 15 is 0 Å². The first-order valence-electron chi connectivity index (χ1n) is 10.5. The molecule has 0 unspecified atom stereocenters. The molecule has 0 aliphatic carbocycles. The number of rotatable bonds is 2. The minimum Gasteiger partial charge on any atom is -0.444 e. The number of allylic oxidation sites excluding steroid dienone is 1. The number of likely N-dealkylation sites (tertiary alicyclic amines) is 1. The largest absolute Gasteiger partial charge is 0.444 e. The molecule has 1 saturated heterocycles. The van der Waals surface area contributed by atoms with Gasteiger partial charge in [-0.25, -0.2) is 4.79 Å². The number of aliphatic imine (C=N–C) groups is 1. The monoisotopic (exact) mass is 415 g/mol. The molecule has 1 fully saturated rings. The third-order valence-electron chi connectivity index (χ3n) is 6.07. The first kappa shape index (κ1) is 20.3. The van der Waals surface area contributed by atoms with Crippen molar-refractivity contribution in [1.82, 2.24) is 4.90 Å². The van der Waals surface area contributed by atoms with Crippen LogP contribution < -0.4 is 4.90 Å². The van der Waals surface area contributed by atoms with Crippen LogP contribution in [0.2, 0.25) is 5.02 Å². The van der Waals surface area contributed by atoms with Gasteiger partial charge in [0.05, 0.1) is 6.04 Å². The predicted molar refractivity (Wildman–Crippen MR) is 119 cm³/mol. The fraction of sp³-hybridized carbons (Fsp3) is 0.565. The SMILES string of the molecule is C[C@@H]1CC[C@@H](C2=NC=C(c3ccc(Cl)c4c3N(C)CC4)C2)N1C(=O)OC(C)(C)C. The number of hydrogen-bond donors (Lipinski definition) is 0. The van der Waals surface area contributed by atoms with Crippen LogP contribution in [-0.2, 0) is 11.2 Å². The number of fused-ring (bicyclic) bond motifs is 1. The van der Waals surface area contributed by atoms with Gasteiger partial charge in [-0.3, -0.25) is 9.89 Å². The molecule has 4 rings (SSSR count). The van der Waals surface area contributed by atoms with Gasteiger partial charge in [0, 0.05) is 54.2 Å². The van der Waals surface area contributed by atoms with Crippen molar-refractivity contribution in [2.24, 2.45) is 4.99 Å². The summed E-state index contributed by atoms with van der Waals surface area (Å²) in [6, 6.07) is 4.27. The lowest BCUT2D eigenvalue weighted by Crippen LogP contribution is -2.46. The summed E-state index contributed by atoms with van der Waals surface area (Å²) in [6.07, 6.45) is 5.37. The maximum Gasteiger partial charge on any atom is 0.411 e. The molecule has 2 atom stereocenters. The molecule has 3 heterocycles. The maximum atomic E-state index is 12.8. The van der Waals surface area contributed by atoms with Gasteiger partial charge < -0.3 is 9.64 Å². The Morgan fingerprint density at radius 2 is 2.03 bits per heavy atom. The number of halogens is 1. The van der Waals surface area contributed by atoms with Crippen molar-refractivity contribution >= 4 is 34.7 Å². The van der Waals surface area contributed by atoms with E-state index in [-0.39, 0.29) is 18.2 Å². The second-order valence-corrected chi connectivity index (χ2v) is 9.78. The van der Waals surface area contributed by atoms with E-state index in [4.69, 9.17) is 21.3 Å². The zero-order valence-electron chi connectivity index (χ0n) is 18.0. The molecule has 0 spiro atoms. The topological polar surface area (TPSA) is 45.1 Å². The normalized spacial score (nSPS) is 23.9. The zero-order valence-corrected chi connectivity index (χ0v) is 18.7. The molecule has 156 valence electrons. The van der Waals surface area contributed by atoms with E-state index in [9.17, 15) is 4.79 Å². The van der Waals surface area contributed by atoms with Crippen molar-refractivity contribution in [3.63, 3.8) is 0 Å². The Kier molecular flexibility index (Phi) is 5.14. The average molecular weight is 416 g/mol. The number of anilines is 1. The number of benzene rings is 1. The smallest absolute Gasteiger partial charge is 0.411 e. The second-order valence-electron chi connectivity index (χ2n) is 9.37. The molecule has 0 radical (unpaired) electrons. The molecule has 5 nitrogen and oxygen atoms in total. The Hall–Kier alpha value is -2.01. The molecule has 3 aliphatic heterocycles. The quantitative estimate of drug-likeness (QED) is 0.657. The van der Waals surface area contributed by atoms with Gasteiger partial charge in [0.1, 0.15) is 5.60 Å². The van der Waals surface area contributed by atoms with Crippen LogP contribution in [0.1, 0.15) is 58.1 Å². The summed E-state index contributed by atoms with van der Waals surface area (Å²) in [5, 5.41) is 0.841. The Morgan fingerprint density at radius 3 is 2.76 bits per heavy atom. The average Bonchev–Trinajstić information content (AvgIpc) is 3.33. The molecule has 1 amide bonds. The van der Waals surface area contributed by atoms with Gasteiger partial charge in [0.25, 0.3) is 0 Å². The summed E-state index contributed by atoms with van der Waals surface area (Å²) in [5.74, 6) is 0. The summed E-state index contributed by atoms with van der Waals surface area (Å²) >= 11 is 6.44. The van der Waals surface area contributed by atoms with E-state index in [1.165, 1.54) is 22.4 Å². The van der Waals surface area contributed by atoms with Crippen molar-refractivity contribution in [2.75, 3.05) is 18.5 Å². The molecule has 0 aromatic heterocycles. The third kappa shape index (κ3) is 3.77. The summed E-state index contributed by atoms with van der Waals surface area (Å²) in [4.78, 5) is 21.8. The fourth-order valence-corrected chi connectivity index (χ4v) is 4.93. The Bertz CT molecular complexity index is 900. The van der Waals surface area contributed by atoms with E-state index in [0.717, 1.165) is 43.0 Å². The lowest BCUT2D eigenvalue weighted by molar-refractivity contribution is 0.0205. The van der Waals surface area contributed by atoms with Crippen LogP contribution in [0.3, 0.4) is 0 Å². The highest BCUT2D eigenvalue weighted by Crippen LogP contribution is 2.42. The van der Waals surface area contributed by atoms with Crippen molar-refractivity contribution < 1.29 is 9.53 Å². The molecule has 3 aliphatic rings. The van der Waals surface area contributed by atoms with Crippen LogP contribution in [0, 0.1) is 0 Å². The molecular formula is C23H30ClN3O2. The Balaban J connectivity index is 1.54. The highest BCUT2D eigenvalue weighted by Gasteiger charge is 2.40. The van der Waals surface area contributed by atoms with Gasteiger partial charge in [-0.1, -0.05) is 17.7 Å².